The summed E-state index contributed by atoms with van der Waals surface area (Å²) in [6.45, 7) is 3.87. The molecule has 0 saturated heterocycles. The molecule has 4 nitrogen and oxygen atoms in total. The first-order valence-electron chi connectivity index (χ1n) is 5.53. The highest BCUT2D eigenvalue weighted by atomic mass is 32.2. The zero-order valence-electron chi connectivity index (χ0n) is 9.89. The number of aliphatic hydroxyl groups excluding tert-OH is 1. The molecule has 0 unspecified atom stereocenters. The van der Waals surface area contributed by atoms with E-state index in [0.717, 1.165) is 30.2 Å². The third kappa shape index (κ3) is 3.98. The van der Waals surface area contributed by atoms with E-state index in [0.29, 0.717) is 6.54 Å². The average Bonchev–Trinajstić information content (AvgIpc) is 2.34. The van der Waals surface area contributed by atoms with Crippen molar-refractivity contribution in [2.24, 2.45) is 0 Å². The van der Waals surface area contributed by atoms with Gasteiger partial charge in [-0.25, -0.2) is 9.97 Å². The molecule has 1 aromatic heterocycles. The molecule has 0 aliphatic heterocycles. The number of hydrogen-bond donors (Lipinski definition) is 1. The number of aromatic nitrogens is 2. The van der Waals surface area contributed by atoms with Crippen molar-refractivity contribution < 1.29 is 5.11 Å². The fraction of sp³-hybridized carbons (Fsp3) is 0.636. The maximum atomic E-state index is 9.03. The highest BCUT2D eigenvalue weighted by molar-refractivity contribution is 7.98. The van der Waals surface area contributed by atoms with Crippen LogP contribution >= 0.6 is 11.8 Å². The fourth-order valence-electron chi connectivity index (χ4n) is 1.43. The quantitative estimate of drug-likeness (QED) is 0.582. The first-order valence-corrected chi connectivity index (χ1v) is 6.76. The van der Waals surface area contributed by atoms with E-state index < -0.39 is 0 Å². The Morgan fingerprint density at radius 3 is 2.81 bits per heavy atom. The number of nitrogens with zero attached hydrogens (tertiary/aromatic N) is 3. The van der Waals surface area contributed by atoms with Gasteiger partial charge in [0.05, 0.1) is 6.61 Å². The van der Waals surface area contributed by atoms with Crippen molar-refractivity contribution in [3.05, 3.63) is 12.4 Å². The van der Waals surface area contributed by atoms with Crippen molar-refractivity contribution in [2.75, 3.05) is 30.9 Å². The number of unbranched alkanes of at least 4 members (excludes halogenated alkanes) is 1. The summed E-state index contributed by atoms with van der Waals surface area (Å²) >= 11 is 1.60. The zero-order valence-corrected chi connectivity index (χ0v) is 10.7. The Morgan fingerprint density at radius 2 is 2.19 bits per heavy atom. The Kier molecular flexibility index (Phi) is 6.18. The van der Waals surface area contributed by atoms with Crippen LogP contribution in [0.2, 0.25) is 0 Å². The highest BCUT2D eigenvalue weighted by Crippen LogP contribution is 2.17. The predicted molar refractivity (Wildman–Crippen MR) is 68.0 cm³/mol. The minimum atomic E-state index is 0.155. The van der Waals surface area contributed by atoms with Crippen molar-refractivity contribution in [3.63, 3.8) is 0 Å². The van der Waals surface area contributed by atoms with Gasteiger partial charge in [0.1, 0.15) is 17.2 Å². The molecule has 0 spiro atoms. The van der Waals surface area contributed by atoms with E-state index in [1.807, 2.05) is 12.3 Å². The number of rotatable bonds is 7. The van der Waals surface area contributed by atoms with E-state index in [-0.39, 0.29) is 6.61 Å². The van der Waals surface area contributed by atoms with E-state index in [1.165, 1.54) is 0 Å². The molecule has 5 heteroatoms. The van der Waals surface area contributed by atoms with E-state index >= 15 is 0 Å². The summed E-state index contributed by atoms with van der Waals surface area (Å²) in [4.78, 5) is 10.5. The van der Waals surface area contributed by atoms with E-state index in [4.69, 9.17) is 5.11 Å². The van der Waals surface area contributed by atoms with Crippen LogP contribution in [0.4, 0.5) is 5.82 Å². The van der Waals surface area contributed by atoms with E-state index in [2.05, 4.69) is 21.8 Å². The Hall–Kier alpha value is -0.810. The molecule has 0 radical (unpaired) electrons. The second kappa shape index (κ2) is 7.46. The lowest BCUT2D eigenvalue weighted by molar-refractivity contribution is 0.301. The Balaban J connectivity index is 2.73. The summed E-state index contributed by atoms with van der Waals surface area (Å²) in [7, 11) is 0. The zero-order chi connectivity index (χ0) is 11.8. The normalized spacial score (nSPS) is 10.4. The maximum Gasteiger partial charge on any atom is 0.133 e. The molecule has 1 rings (SSSR count). The molecule has 0 aliphatic rings. The molecule has 0 atom stereocenters. The standard InChI is InChI=1S/C11H19N3OS/c1-3-4-5-14(6-7-15)10-8-11(16-2)13-9-12-10/h8-9,15H,3-7H2,1-2H3. The number of thioether (sulfide) groups is 1. The van der Waals surface area contributed by atoms with Crippen molar-refractivity contribution in [1.29, 1.82) is 0 Å². The fourth-order valence-corrected chi connectivity index (χ4v) is 1.80. The Labute approximate surface area is 101 Å². The van der Waals surface area contributed by atoms with Crippen LogP contribution in [-0.2, 0) is 0 Å². The van der Waals surface area contributed by atoms with Crippen molar-refractivity contribution >= 4 is 17.6 Å². The molecule has 90 valence electrons. The lowest BCUT2D eigenvalue weighted by Crippen LogP contribution is -2.28. The minimum Gasteiger partial charge on any atom is -0.395 e. The summed E-state index contributed by atoms with van der Waals surface area (Å²) in [6.07, 6.45) is 5.83. The van der Waals surface area contributed by atoms with Crippen LogP contribution in [-0.4, -0.2) is 41.0 Å². The van der Waals surface area contributed by atoms with Gasteiger partial charge in [0, 0.05) is 19.2 Å². The van der Waals surface area contributed by atoms with Gasteiger partial charge in [0.2, 0.25) is 0 Å². The molecule has 16 heavy (non-hydrogen) atoms. The van der Waals surface area contributed by atoms with Gasteiger partial charge in [-0.2, -0.15) is 0 Å². The lowest BCUT2D eigenvalue weighted by atomic mass is 10.3. The SMILES string of the molecule is CCCCN(CCO)c1cc(SC)ncn1. The van der Waals surface area contributed by atoms with Gasteiger partial charge in [-0.1, -0.05) is 13.3 Å². The van der Waals surface area contributed by atoms with Gasteiger partial charge < -0.3 is 10.0 Å². The first-order chi connectivity index (χ1) is 7.81. The summed E-state index contributed by atoms with van der Waals surface area (Å²) in [5.74, 6) is 0.904. The Bertz CT molecular complexity index is 309. The maximum absolute atomic E-state index is 9.03. The van der Waals surface area contributed by atoms with Gasteiger partial charge in [-0.3, -0.25) is 0 Å². The van der Waals surface area contributed by atoms with Crippen LogP contribution in [0, 0.1) is 0 Å². The third-order valence-corrected chi connectivity index (χ3v) is 2.95. The molecular weight excluding hydrogens is 222 g/mol. The molecule has 0 aromatic carbocycles. The summed E-state index contributed by atoms with van der Waals surface area (Å²) in [6, 6.07) is 1.97. The lowest BCUT2D eigenvalue weighted by Gasteiger charge is -2.22. The predicted octanol–water partition coefficient (Wildman–Crippen LogP) is 1.80. The molecule has 0 saturated carbocycles. The van der Waals surface area contributed by atoms with Gasteiger partial charge >= 0.3 is 0 Å². The van der Waals surface area contributed by atoms with Crippen LogP contribution in [0.25, 0.3) is 0 Å². The minimum absolute atomic E-state index is 0.155. The molecule has 1 aromatic rings. The van der Waals surface area contributed by atoms with Crippen molar-refractivity contribution in [3.8, 4) is 0 Å². The number of anilines is 1. The van der Waals surface area contributed by atoms with Crippen LogP contribution in [0.1, 0.15) is 19.8 Å². The van der Waals surface area contributed by atoms with Crippen LogP contribution in [0.15, 0.2) is 17.4 Å². The van der Waals surface area contributed by atoms with Crippen molar-refractivity contribution in [2.45, 2.75) is 24.8 Å². The molecule has 1 heterocycles. The first kappa shape index (κ1) is 13.3. The van der Waals surface area contributed by atoms with Crippen LogP contribution in [0.5, 0.6) is 0 Å². The number of hydrogen-bond acceptors (Lipinski definition) is 5. The van der Waals surface area contributed by atoms with Gasteiger partial charge in [0.25, 0.3) is 0 Å². The van der Waals surface area contributed by atoms with E-state index in [1.54, 1.807) is 18.1 Å². The topological polar surface area (TPSA) is 49.2 Å². The summed E-state index contributed by atoms with van der Waals surface area (Å²) in [5, 5.41) is 10.00. The summed E-state index contributed by atoms with van der Waals surface area (Å²) in [5.41, 5.74) is 0. The van der Waals surface area contributed by atoms with Gasteiger partial charge in [-0.05, 0) is 12.7 Å². The third-order valence-electron chi connectivity index (χ3n) is 2.31. The largest absolute Gasteiger partial charge is 0.395 e. The number of aliphatic hydroxyl groups is 1. The Morgan fingerprint density at radius 1 is 1.38 bits per heavy atom. The van der Waals surface area contributed by atoms with E-state index in [9.17, 15) is 0 Å². The van der Waals surface area contributed by atoms with Gasteiger partial charge in [0.15, 0.2) is 0 Å². The monoisotopic (exact) mass is 241 g/mol. The molecular formula is C11H19N3OS. The van der Waals surface area contributed by atoms with Crippen LogP contribution < -0.4 is 4.90 Å². The molecule has 0 aliphatic carbocycles. The molecule has 0 fully saturated rings. The molecule has 0 amide bonds. The molecule has 1 N–H and O–H groups in total. The molecule has 0 bridgehead atoms. The summed E-state index contributed by atoms with van der Waals surface area (Å²) < 4.78 is 0. The van der Waals surface area contributed by atoms with Gasteiger partial charge in [-0.15, -0.1) is 11.8 Å². The van der Waals surface area contributed by atoms with Crippen molar-refractivity contribution in [1.82, 2.24) is 9.97 Å². The van der Waals surface area contributed by atoms with Crippen LogP contribution in [0.3, 0.4) is 0 Å². The second-order valence-electron chi connectivity index (χ2n) is 3.48. The average molecular weight is 241 g/mol. The second-order valence-corrected chi connectivity index (χ2v) is 4.31. The highest BCUT2D eigenvalue weighted by Gasteiger charge is 2.07. The smallest absolute Gasteiger partial charge is 0.133 e.